The number of carboxylic acid groups (broad SMARTS) is 1. The Bertz CT molecular complexity index is 328. The molecule has 1 fully saturated rings. The molecule has 6 nitrogen and oxygen atoms in total. The highest BCUT2D eigenvalue weighted by Gasteiger charge is 2.26. The molecule has 1 saturated heterocycles. The fourth-order valence-electron chi connectivity index (χ4n) is 2.43. The molecule has 2 amide bonds. The van der Waals surface area contributed by atoms with Gasteiger partial charge in [0.1, 0.15) is 0 Å². The van der Waals surface area contributed by atoms with E-state index in [1.165, 1.54) is 0 Å². The first-order chi connectivity index (χ1) is 9.49. The van der Waals surface area contributed by atoms with E-state index < -0.39 is 11.9 Å². The van der Waals surface area contributed by atoms with Crippen molar-refractivity contribution in [3.63, 3.8) is 0 Å². The van der Waals surface area contributed by atoms with Gasteiger partial charge in [-0.15, -0.1) is 0 Å². The Morgan fingerprint density at radius 2 is 1.80 bits per heavy atom. The standard InChI is InChI=1S/C14H27N3O3/c1-4-6-15-7-9-17(10-8-15)14(20)16(5-2)11-12(3)13(18)19/h12H,4-11H2,1-3H3,(H,18,19). The summed E-state index contributed by atoms with van der Waals surface area (Å²) in [6.45, 7) is 10.9. The summed E-state index contributed by atoms with van der Waals surface area (Å²) in [7, 11) is 0. The number of amides is 2. The minimum absolute atomic E-state index is 0.0308. The van der Waals surface area contributed by atoms with Gasteiger partial charge in [-0.3, -0.25) is 9.69 Å². The van der Waals surface area contributed by atoms with Crippen LogP contribution in [0.25, 0.3) is 0 Å². The molecule has 1 aliphatic heterocycles. The summed E-state index contributed by atoms with van der Waals surface area (Å²) in [5.74, 6) is -1.38. The Kier molecular flexibility index (Phi) is 6.78. The average molecular weight is 285 g/mol. The van der Waals surface area contributed by atoms with Crippen LogP contribution in [-0.2, 0) is 4.79 Å². The second kappa shape index (κ2) is 8.09. The lowest BCUT2D eigenvalue weighted by atomic mass is 10.2. The molecule has 1 rings (SSSR count). The van der Waals surface area contributed by atoms with Crippen LogP contribution in [0.3, 0.4) is 0 Å². The number of aliphatic carboxylic acids is 1. The van der Waals surface area contributed by atoms with Crippen molar-refractivity contribution in [3.8, 4) is 0 Å². The summed E-state index contributed by atoms with van der Waals surface area (Å²) >= 11 is 0. The van der Waals surface area contributed by atoms with Gasteiger partial charge in [-0.05, 0) is 19.9 Å². The van der Waals surface area contributed by atoms with Crippen LogP contribution in [-0.4, -0.2) is 77.6 Å². The predicted molar refractivity (Wildman–Crippen MR) is 77.7 cm³/mol. The minimum Gasteiger partial charge on any atom is -0.481 e. The Labute approximate surface area is 121 Å². The Morgan fingerprint density at radius 1 is 1.20 bits per heavy atom. The van der Waals surface area contributed by atoms with Gasteiger partial charge >= 0.3 is 12.0 Å². The van der Waals surface area contributed by atoms with Gasteiger partial charge < -0.3 is 14.9 Å². The summed E-state index contributed by atoms with van der Waals surface area (Å²) in [4.78, 5) is 29.1. The van der Waals surface area contributed by atoms with E-state index in [1.807, 2.05) is 11.8 Å². The molecule has 1 N–H and O–H groups in total. The van der Waals surface area contributed by atoms with Gasteiger partial charge in [-0.25, -0.2) is 4.79 Å². The Morgan fingerprint density at radius 3 is 2.25 bits per heavy atom. The molecule has 0 aromatic heterocycles. The average Bonchev–Trinajstić information content (AvgIpc) is 2.44. The highest BCUT2D eigenvalue weighted by atomic mass is 16.4. The maximum absolute atomic E-state index is 12.4. The monoisotopic (exact) mass is 285 g/mol. The number of carbonyl (C=O) groups excluding carboxylic acids is 1. The van der Waals surface area contributed by atoms with Crippen LogP contribution in [0.15, 0.2) is 0 Å². The van der Waals surface area contributed by atoms with Gasteiger partial charge in [0, 0.05) is 39.3 Å². The topological polar surface area (TPSA) is 64.1 Å². The van der Waals surface area contributed by atoms with Crippen LogP contribution >= 0.6 is 0 Å². The largest absolute Gasteiger partial charge is 0.481 e. The summed E-state index contributed by atoms with van der Waals surface area (Å²) in [6, 6.07) is -0.0308. The molecule has 0 aromatic carbocycles. The molecule has 0 spiro atoms. The summed E-state index contributed by atoms with van der Waals surface area (Å²) in [6.07, 6.45) is 1.13. The third-order valence-electron chi connectivity index (χ3n) is 3.75. The molecule has 1 unspecified atom stereocenters. The van der Waals surface area contributed by atoms with Crippen LogP contribution in [0.2, 0.25) is 0 Å². The molecule has 1 heterocycles. The van der Waals surface area contributed by atoms with E-state index in [-0.39, 0.29) is 12.6 Å². The van der Waals surface area contributed by atoms with Gasteiger partial charge in [0.15, 0.2) is 0 Å². The number of hydrogen-bond donors (Lipinski definition) is 1. The third kappa shape index (κ3) is 4.67. The van der Waals surface area contributed by atoms with Crippen molar-refractivity contribution in [2.75, 3.05) is 45.8 Å². The summed E-state index contributed by atoms with van der Waals surface area (Å²) in [5, 5.41) is 8.95. The number of carbonyl (C=O) groups is 2. The predicted octanol–water partition coefficient (Wildman–Crippen LogP) is 1.18. The highest BCUT2D eigenvalue weighted by Crippen LogP contribution is 2.08. The minimum atomic E-state index is -0.857. The molecule has 0 radical (unpaired) electrons. The molecule has 6 heteroatoms. The first-order valence-corrected chi connectivity index (χ1v) is 7.48. The lowest BCUT2D eigenvalue weighted by Crippen LogP contribution is -2.53. The Balaban J connectivity index is 2.49. The SMILES string of the molecule is CCCN1CCN(C(=O)N(CC)CC(C)C(=O)O)CC1. The van der Waals surface area contributed by atoms with Crippen LogP contribution in [0.1, 0.15) is 27.2 Å². The second-order valence-electron chi connectivity index (χ2n) is 5.39. The van der Waals surface area contributed by atoms with Crippen molar-refractivity contribution in [1.82, 2.24) is 14.7 Å². The number of rotatable bonds is 6. The fourth-order valence-corrected chi connectivity index (χ4v) is 2.43. The van der Waals surface area contributed by atoms with E-state index in [0.29, 0.717) is 6.54 Å². The third-order valence-corrected chi connectivity index (χ3v) is 3.75. The molecular weight excluding hydrogens is 258 g/mol. The van der Waals surface area contributed by atoms with E-state index in [0.717, 1.165) is 39.1 Å². The van der Waals surface area contributed by atoms with Crippen molar-refractivity contribution in [2.45, 2.75) is 27.2 Å². The molecular formula is C14H27N3O3. The van der Waals surface area contributed by atoms with Gasteiger partial charge in [0.05, 0.1) is 5.92 Å². The van der Waals surface area contributed by atoms with Gasteiger partial charge in [0.2, 0.25) is 0 Å². The zero-order chi connectivity index (χ0) is 15.1. The molecule has 116 valence electrons. The number of piperazine rings is 1. The van der Waals surface area contributed by atoms with Crippen molar-refractivity contribution in [1.29, 1.82) is 0 Å². The van der Waals surface area contributed by atoms with Crippen LogP contribution in [0.4, 0.5) is 4.79 Å². The molecule has 1 atom stereocenters. The van der Waals surface area contributed by atoms with E-state index in [9.17, 15) is 9.59 Å². The van der Waals surface area contributed by atoms with E-state index in [4.69, 9.17) is 5.11 Å². The summed E-state index contributed by atoms with van der Waals surface area (Å²) < 4.78 is 0. The van der Waals surface area contributed by atoms with Gasteiger partial charge in [0.25, 0.3) is 0 Å². The van der Waals surface area contributed by atoms with Crippen molar-refractivity contribution in [2.24, 2.45) is 5.92 Å². The lowest BCUT2D eigenvalue weighted by Gasteiger charge is -2.37. The summed E-state index contributed by atoms with van der Waals surface area (Å²) in [5.41, 5.74) is 0. The number of hydrogen-bond acceptors (Lipinski definition) is 3. The van der Waals surface area contributed by atoms with Gasteiger partial charge in [-0.2, -0.15) is 0 Å². The maximum atomic E-state index is 12.4. The quantitative estimate of drug-likeness (QED) is 0.796. The van der Waals surface area contributed by atoms with Crippen LogP contribution in [0.5, 0.6) is 0 Å². The van der Waals surface area contributed by atoms with E-state index in [2.05, 4.69) is 11.8 Å². The lowest BCUT2D eigenvalue weighted by molar-refractivity contribution is -0.141. The fraction of sp³-hybridized carbons (Fsp3) is 0.857. The zero-order valence-corrected chi connectivity index (χ0v) is 12.8. The maximum Gasteiger partial charge on any atom is 0.320 e. The molecule has 0 saturated carbocycles. The number of nitrogens with zero attached hydrogens (tertiary/aromatic N) is 3. The second-order valence-corrected chi connectivity index (χ2v) is 5.39. The molecule has 1 aliphatic rings. The van der Waals surface area contributed by atoms with Crippen molar-refractivity contribution >= 4 is 12.0 Å². The molecule has 20 heavy (non-hydrogen) atoms. The number of urea groups is 1. The molecule has 0 bridgehead atoms. The van der Waals surface area contributed by atoms with Crippen LogP contribution in [0, 0.1) is 5.92 Å². The van der Waals surface area contributed by atoms with E-state index >= 15 is 0 Å². The van der Waals surface area contributed by atoms with E-state index in [1.54, 1.807) is 11.8 Å². The highest BCUT2D eigenvalue weighted by molar-refractivity contribution is 5.76. The molecule has 0 aromatic rings. The van der Waals surface area contributed by atoms with Crippen molar-refractivity contribution < 1.29 is 14.7 Å². The van der Waals surface area contributed by atoms with Gasteiger partial charge in [-0.1, -0.05) is 13.8 Å². The first kappa shape index (κ1) is 16.8. The Hall–Kier alpha value is -1.30. The van der Waals surface area contributed by atoms with Crippen LogP contribution < -0.4 is 0 Å². The smallest absolute Gasteiger partial charge is 0.320 e. The zero-order valence-electron chi connectivity index (χ0n) is 12.8. The molecule has 0 aliphatic carbocycles. The first-order valence-electron chi connectivity index (χ1n) is 7.48. The normalized spacial score (nSPS) is 17.9. The van der Waals surface area contributed by atoms with Crippen molar-refractivity contribution in [3.05, 3.63) is 0 Å². The number of carboxylic acids is 1.